The molecule has 5 nitrogen and oxygen atoms in total. The van der Waals surface area contributed by atoms with Crippen LogP contribution in [0.15, 0.2) is 0 Å². The fourth-order valence-corrected chi connectivity index (χ4v) is 2.33. The summed E-state index contributed by atoms with van der Waals surface area (Å²) in [5, 5.41) is 5.38. The first-order chi connectivity index (χ1) is 9.65. The third kappa shape index (κ3) is 6.07. The average molecular weight is 279 g/mol. The summed E-state index contributed by atoms with van der Waals surface area (Å²) in [6.45, 7) is 4.48. The summed E-state index contributed by atoms with van der Waals surface area (Å²) in [7, 11) is 0. The standard InChI is InChI=1S/C15H25N3O2/c1-3-9-16-14(19)8-10-17-15(20)13(2)18-11-6-4-5-7-12-18/h1,13H,4-12H2,2H3,(H,16,19)(H,17,20)/t13-/m1/s1. The van der Waals surface area contributed by atoms with E-state index < -0.39 is 0 Å². The molecule has 1 heterocycles. The zero-order valence-corrected chi connectivity index (χ0v) is 12.3. The van der Waals surface area contributed by atoms with Crippen molar-refractivity contribution in [2.24, 2.45) is 0 Å². The number of hydrogen-bond donors (Lipinski definition) is 2. The van der Waals surface area contributed by atoms with Crippen LogP contribution >= 0.6 is 0 Å². The van der Waals surface area contributed by atoms with Gasteiger partial charge in [-0.1, -0.05) is 18.8 Å². The van der Waals surface area contributed by atoms with Crippen molar-refractivity contribution in [3.8, 4) is 12.3 Å². The Hall–Kier alpha value is -1.54. The Morgan fingerprint density at radius 3 is 2.45 bits per heavy atom. The minimum Gasteiger partial charge on any atom is -0.354 e. The highest BCUT2D eigenvalue weighted by molar-refractivity contribution is 5.82. The van der Waals surface area contributed by atoms with Crippen LogP contribution in [0.4, 0.5) is 0 Å². The molecule has 2 amide bonds. The van der Waals surface area contributed by atoms with Gasteiger partial charge in [-0.05, 0) is 32.9 Å². The summed E-state index contributed by atoms with van der Waals surface area (Å²) in [6.07, 6.45) is 10.1. The minimum absolute atomic E-state index is 0.00310. The van der Waals surface area contributed by atoms with E-state index in [0.717, 1.165) is 25.9 Å². The summed E-state index contributed by atoms with van der Waals surface area (Å²) < 4.78 is 0. The van der Waals surface area contributed by atoms with Crippen LogP contribution in [0.25, 0.3) is 0 Å². The van der Waals surface area contributed by atoms with Crippen molar-refractivity contribution in [1.82, 2.24) is 15.5 Å². The Morgan fingerprint density at radius 1 is 1.20 bits per heavy atom. The molecule has 0 aromatic carbocycles. The Bertz CT molecular complexity index is 355. The number of hydrogen-bond acceptors (Lipinski definition) is 3. The lowest BCUT2D eigenvalue weighted by molar-refractivity contribution is -0.126. The summed E-state index contributed by atoms with van der Waals surface area (Å²) in [5.74, 6) is 2.20. The molecular formula is C15H25N3O2. The van der Waals surface area contributed by atoms with E-state index in [4.69, 9.17) is 6.42 Å². The van der Waals surface area contributed by atoms with Crippen LogP contribution in [0.3, 0.4) is 0 Å². The molecule has 0 spiro atoms. The third-order valence-electron chi connectivity index (χ3n) is 3.61. The Labute approximate surface area is 121 Å². The first kappa shape index (κ1) is 16.5. The van der Waals surface area contributed by atoms with E-state index in [1.165, 1.54) is 12.8 Å². The number of rotatable bonds is 6. The van der Waals surface area contributed by atoms with Crippen LogP contribution in [0.1, 0.15) is 39.0 Å². The summed E-state index contributed by atoms with van der Waals surface area (Å²) >= 11 is 0. The summed E-state index contributed by atoms with van der Waals surface area (Å²) in [6, 6.07) is -0.123. The van der Waals surface area contributed by atoms with Gasteiger partial charge in [0.15, 0.2) is 0 Å². The maximum absolute atomic E-state index is 12.0. The molecule has 1 fully saturated rings. The highest BCUT2D eigenvalue weighted by Crippen LogP contribution is 2.12. The number of amides is 2. The quantitative estimate of drug-likeness (QED) is 0.696. The van der Waals surface area contributed by atoms with Crippen molar-refractivity contribution in [3.05, 3.63) is 0 Å². The van der Waals surface area contributed by atoms with Crippen LogP contribution in [0, 0.1) is 12.3 Å². The number of nitrogens with zero attached hydrogens (tertiary/aromatic N) is 1. The maximum Gasteiger partial charge on any atom is 0.237 e. The van der Waals surface area contributed by atoms with Crippen LogP contribution in [0.2, 0.25) is 0 Å². The van der Waals surface area contributed by atoms with E-state index in [1.54, 1.807) is 0 Å². The summed E-state index contributed by atoms with van der Waals surface area (Å²) in [5.41, 5.74) is 0. The number of carbonyl (C=O) groups excluding carboxylic acids is 2. The van der Waals surface area contributed by atoms with E-state index >= 15 is 0 Å². The van der Waals surface area contributed by atoms with E-state index in [2.05, 4.69) is 21.5 Å². The van der Waals surface area contributed by atoms with Crippen molar-refractivity contribution in [2.45, 2.75) is 45.1 Å². The highest BCUT2D eigenvalue weighted by atomic mass is 16.2. The molecule has 0 aliphatic carbocycles. The SMILES string of the molecule is C#CCNC(=O)CCNC(=O)[C@@H](C)N1CCCCCC1. The number of nitrogens with one attached hydrogen (secondary N) is 2. The van der Waals surface area contributed by atoms with E-state index in [9.17, 15) is 9.59 Å². The minimum atomic E-state index is -0.134. The third-order valence-corrected chi connectivity index (χ3v) is 3.61. The average Bonchev–Trinajstić information content (AvgIpc) is 2.73. The van der Waals surface area contributed by atoms with Gasteiger partial charge in [-0.25, -0.2) is 0 Å². The van der Waals surface area contributed by atoms with Crippen LogP contribution in [0.5, 0.6) is 0 Å². The van der Waals surface area contributed by atoms with Gasteiger partial charge in [-0.2, -0.15) is 0 Å². The van der Waals surface area contributed by atoms with Crippen molar-refractivity contribution in [2.75, 3.05) is 26.2 Å². The largest absolute Gasteiger partial charge is 0.354 e. The number of carbonyl (C=O) groups is 2. The van der Waals surface area contributed by atoms with Crippen molar-refractivity contribution >= 4 is 11.8 Å². The molecule has 0 aromatic heterocycles. The predicted molar refractivity (Wildman–Crippen MR) is 79.0 cm³/mol. The van der Waals surface area contributed by atoms with Crippen molar-refractivity contribution in [1.29, 1.82) is 0 Å². The fourth-order valence-electron chi connectivity index (χ4n) is 2.33. The molecule has 112 valence electrons. The van der Waals surface area contributed by atoms with E-state index in [1.807, 2.05) is 6.92 Å². The van der Waals surface area contributed by atoms with Gasteiger partial charge in [0.25, 0.3) is 0 Å². The second-order valence-corrected chi connectivity index (χ2v) is 5.15. The lowest BCUT2D eigenvalue weighted by atomic mass is 10.2. The van der Waals surface area contributed by atoms with E-state index in [0.29, 0.717) is 6.54 Å². The molecule has 0 radical (unpaired) electrons. The topological polar surface area (TPSA) is 61.4 Å². The van der Waals surface area contributed by atoms with Gasteiger partial charge in [0.1, 0.15) is 0 Å². The number of terminal acetylenes is 1. The summed E-state index contributed by atoms with van der Waals surface area (Å²) in [4.78, 5) is 25.6. The van der Waals surface area contributed by atoms with Crippen LogP contribution in [-0.2, 0) is 9.59 Å². The number of likely N-dealkylation sites (tertiary alicyclic amines) is 1. The van der Waals surface area contributed by atoms with Gasteiger partial charge in [0, 0.05) is 13.0 Å². The molecule has 5 heteroatoms. The molecule has 0 aromatic rings. The monoisotopic (exact) mass is 279 g/mol. The van der Waals surface area contributed by atoms with Gasteiger partial charge in [0.2, 0.25) is 11.8 Å². The van der Waals surface area contributed by atoms with Crippen molar-refractivity contribution in [3.63, 3.8) is 0 Å². The highest BCUT2D eigenvalue weighted by Gasteiger charge is 2.21. The first-order valence-corrected chi connectivity index (χ1v) is 7.37. The molecule has 0 unspecified atom stereocenters. The molecule has 1 atom stereocenters. The second kappa shape index (κ2) is 9.38. The molecule has 20 heavy (non-hydrogen) atoms. The Balaban J connectivity index is 2.24. The zero-order chi connectivity index (χ0) is 14.8. The van der Waals surface area contributed by atoms with Crippen LogP contribution < -0.4 is 10.6 Å². The maximum atomic E-state index is 12.0. The van der Waals surface area contributed by atoms with Crippen molar-refractivity contribution < 1.29 is 9.59 Å². The molecule has 1 rings (SSSR count). The van der Waals surface area contributed by atoms with Gasteiger partial charge >= 0.3 is 0 Å². The van der Waals surface area contributed by atoms with E-state index in [-0.39, 0.29) is 30.8 Å². The van der Waals surface area contributed by atoms with Gasteiger partial charge in [-0.3, -0.25) is 14.5 Å². The van der Waals surface area contributed by atoms with Gasteiger partial charge in [0.05, 0.1) is 12.6 Å². The Kier molecular flexibility index (Phi) is 7.74. The smallest absolute Gasteiger partial charge is 0.237 e. The first-order valence-electron chi connectivity index (χ1n) is 7.37. The second-order valence-electron chi connectivity index (χ2n) is 5.15. The molecule has 2 N–H and O–H groups in total. The molecule has 1 aliphatic rings. The van der Waals surface area contributed by atoms with Crippen LogP contribution in [-0.4, -0.2) is 48.9 Å². The predicted octanol–water partition coefficient (Wildman–Crippen LogP) is 0.507. The molecule has 1 aliphatic heterocycles. The van der Waals surface area contributed by atoms with Gasteiger partial charge in [-0.15, -0.1) is 6.42 Å². The normalized spacial score (nSPS) is 17.6. The zero-order valence-electron chi connectivity index (χ0n) is 12.3. The molecular weight excluding hydrogens is 254 g/mol. The lowest BCUT2D eigenvalue weighted by Gasteiger charge is -2.26. The molecule has 1 saturated heterocycles. The lowest BCUT2D eigenvalue weighted by Crippen LogP contribution is -2.46. The fraction of sp³-hybridized carbons (Fsp3) is 0.733. The molecule has 0 bridgehead atoms. The Morgan fingerprint density at radius 2 is 1.85 bits per heavy atom. The van der Waals surface area contributed by atoms with Gasteiger partial charge < -0.3 is 10.6 Å². The molecule has 0 saturated carbocycles.